The van der Waals surface area contributed by atoms with Gasteiger partial charge >= 0.3 is 6.03 Å². The van der Waals surface area contributed by atoms with Crippen molar-refractivity contribution in [1.82, 2.24) is 4.90 Å². The molecule has 2 atom stereocenters. The summed E-state index contributed by atoms with van der Waals surface area (Å²) in [5, 5.41) is 10.2. The van der Waals surface area contributed by atoms with Gasteiger partial charge in [-0.05, 0) is 43.3 Å². The number of hydrogen-bond acceptors (Lipinski definition) is 4. The van der Waals surface area contributed by atoms with E-state index < -0.39 is 18.2 Å². The van der Waals surface area contributed by atoms with Crippen LogP contribution in [0.5, 0.6) is 5.75 Å². The number of halogens is 1. The van der Waals surface area contributed by atoms with E-state index in [9.17, 15) is 14.7 Å². The number of rotatable bonds is 6. The lowest BCUT2D eigenvalue weighted by molar-refractivity contribution is -0.128. The summed E-state index contributed by atoms with van der Waals surface area (Å²) in [6, 6.07) is 15.2. The van der Waals surface area contributed by atoms with E-state index in [2.05, 4.69) is 15.9 Å². The third-order valence-electron chi connectivity index (χ3n) is 4.13. The molecule has 3 rings (SSSR count). The van der Waals surface area contributed by atoms with Crippen molar-refractivity contribution < 1.29 is 19.4 Å². The van der Waals surface area contributed by atoms with Crippen molar-refractivity contribution in [3.8, 4) is 5.75 Å². The van der Waals surface area contributed by atoms with E-state index in [0.717, 1.165) is 9.37 Å². The molecule has 0 unspecified atom stereocenters. The average Bonchev–Trinajstić information content (AvgIpc) is 2.85. The van der Waals surface area contributed by atoms with E-state index in [0.29, 0.717) is 11.4 Å². The molecular formula is C19H19BrN2O4. The number of urea groups is 1. The summed E-state index contributed by atoms with van der Waals surface area (Å²) in [6.45, 7) is 1.55. The largest absolute Gasteiger partial charge is 0.491 e. The summed E-state index contributed by atoms with van der Waals surface area (Å²) in [7, 11) is 0. The summed E-state index contributed by atoms with van der Waals surface area (Å²) in [5.41, 5.74) is 0.654. The van der Waals surface area contributed by atoms with Crippen molar-refractivity contribution in [2.24, 2.45) is 0 Å². The Balaban J connectivity index is 1.62. The average molecular weight is 419 g/mol. The third kappa shape index (κ3) is 3.89. The minimum Gasteiger partial charge on any atom is -0.491 e. The Kier molecular flexibility index (Phi) is 5.58. The highest BCUT2D eigenvalue weighted by atomic mass is 79.9. The maximum absolute atomic E-state index is 12.6. The van der Waals surface area contributed by atoms with Crippen LogP contribution in [-0.4, -0.2) is 47.2 Å². The van der Waals surface area contributed by atoms with Gasteiger partial charge in [-0.2, -0.15) is 0 Å². The number of carbonyl (C=O) groups is 2. The van der Waals surface area contributed by atoms with Crippen LogP contribution < -0.4 is 9.64 Å². The van der Waals surface area contributed by atoms with Gasteiger partial charge in [-0.1, -0.05) is 34.1 Å². The van der Waals surface area contributed by atoms with Gasteiger partial charge in [-0.3, -0.25) is 14.6 Å². The van der Waals surface area contributed by atoms with Gasteiger partial charge in [0.15, 0.2) is 0 Å². The number of carbonyl (C=O) groups excluding carboxylic acids is 2. The van der Waals surface area contributed by atoms with E-state index in [1.165, 1.54) is 4.90 Å². The molecule has 1 saturated heterocycles. The summed E-state index contributed by atoms with van der Waals surface area (Å²) >= 11 is 3.34. The Morgan fingerprint density at radius 1 is 1.12 bits per heavy atom. The predicted molar refractivity (Wildman–Crippen MR) is 101 cm³/mol. The monoisotopic (exact) mass is 418 g/mol. The number of β-amino-alcohol motifs (C(OH)–C–C–N with tert-alkyl or cyclic N) is 1. The molecule has 26 heavy (non-hydrogen) atoms. The van der Waals surface area contributed by atoms with Crippen LogP contribution in [-0.2, 0) is 4.79 Å². The quantitative estimate of drug-likeness (QED) is 0.731. The molecule has 1 aliphatic heterocycles. The van der Waals surface area contributed by atoms with Gasteiger partial charge in [0.1, 0.15) is 24.5 Å². The molecule has 7 heteroatoms. The highest BCUT2D eigenvalue weighted by Gasteiger charge is 2.43. The molecule has 1 N–H and O–H groups in total. The molecule has 2 aromatic carbocycles. The molecule has 136 valence electrons. The van der Waals surface area contributed by atoms with Crippen molar-refractivity contribution in [2.45, 2.75) is 19.1 Å². The van der Waals surface area contributed by atoms with Crippen LogP contribution in [0.4, 0.5) is 10.5 Å². The molecular weight excluding hydrogens is 400 g/mol. The van der Waals surface area contributed by atoms with Crippen molar-refractivity contribution in [2.75, 3.05) is 18.1 Å². The molecule has 0 saturated carbocycles. The van der Waals surface area contributed by atoms with Crippen LogP contribution in [0.1, 0.15) is 6.92 Å². The first-order valence-electron chi connectivity index (χ1n) is 8.23. The lowest BCUT2D eigenvalue weighted by atomic mass is 10.2. The molecule has 1 fully saturated rings. The molecule has 0 aromatic heterocycles. The van der Waals surface area contributed by atoms with Crippen LogP contribution in [0.25, 0.3) is 0 Å². The maximum Gasteiger partial charge on any atom is 0.332 e. The molecule has 1 heterocycles. The molecule has 0 spiro atoms. The van der Waals surface area contributed by atoms with Gasteiger partial charge in [0.25, 0.3) is 5.91 Å². The van der Waals surface area contributed by atoms with Gasteiger partial charge in [0, 0.05) is 10.2 Å². The van der Waals surface area contributed by atoms with Crippen molar-refractivity contribution >= 4 is 33.6 Å². The Bertz CT molecular complexity index is 782. The number of hydrogen-bond donors (Lipinski definition) is 1. The number of ether oxygens (including phenoxy) is 1. The Morgan fingerprint density at radius 2 is 1.77 bits per heavy atom. The lowest BCUT2D eigenvalue weighted by Gasteiger charge is -2.20. The Morgan fingerprint density at radius 3 is 2.42 bits per heavy atom. The van der Waals surface area contributed by atoms with E-state index in [4.69, 9.17) is 4.74 Å². The molecule has 0 aliphatic carbocycles. The second-order valence-electron chi connectivity index (χ2n) is 6.03. The van der Waals surface area contributed by atoms with Crippen molar-refractivity contribution in [1.29, 1.82) is 0 Å². The normalized spacial score (nSPS) is 18.3. The number of aliphatic hydroxyl groups is 1. The number of aliphatic hydroxyl groups excluding tert-OH is 1. The number of imide groups is 1. The van der Waals surface area contributed by atoms with Crippen LogP contribution in [0.15, 0.2) is 59.1 Å². The van der Waals surface area contributed by atoms with Crippen LogP contribution >= 0.6 is 15.9 Å². The first kappa shape index (κ1) is 18.4. The van der Waals surface area contributed by atoms with Gasteiger partial charge < -0.3 is 9.84 Å². The van der Waals surface area contributed by atoms with Crippen LogP contribution in [0.3, 0.4) is 0 Å². The molecule has 0 radical (unpaired) electrons. The molecule has 6 nitrogen and oxygen atoms in total. The number of amides is 3. The van der Waals surface area contributed by atoms with Gasteiger partial charge in [0.2, 0.25) is 0 Å². The molecule has 3 amide bonds. The summed E-state index contributed by atoms with van der Waals surface area (Å²) in [5.74, 6) is 0.271. The Labute approximate surface area is 160 Å². The van der Waals surface area contributed by atoms with Gasteiger partial charge in [-0.25, -0.2) is 4.79 Å². The van der Waals surface area contributed by atoms with Crippen molar-refractivity contribution in [3.05, 3.63) is 59.1 Å². The van der Waals surface area contributed by atoms with Gasteiger partial charge in [0.05, 0.1) is 6.54 Å². The van der Waals surface area contributed by atoms with E-state index in [-0.39, 0.29) is 19.1 Å². The fraction of sp³-hybridized carbons (Fsp3) is 0.263. The zero-order valence-corrected chi connectivity index (χ0v) is 15.8. The fourth-order valence-corrected chi connectivity index (χ4v) is 3.07. The fourth-order valence-electron chi connectivity index (χ4n) is 2.80. The number of nitrogens with zero attached hydrogens (tertiary/aromatic N) is 2. The predicted octanol–water partition coefficient (Wildman–Crippen LogP) is 3.05. The maximum atomic E-state index is 12.6. The Hall–Kier alpha value is -2.38. The summed E-state index contributed by atoms with van der Waals surface area (Å²) in [6.07, 6.45) is -0.977. The van der Waals surface area contributed by atoms with E-state index in [1.807, 2.05) is 30.3 Å². The zero-order valence-electron chi connectivity index (χ0n) is 14.2. The zero-order chi connectivity index (χ0) is 18.7. The van der Waals surface area contributed by atoms with E-state index in [1.54, 1.807) is 31.2 Å². The molecule has 2 aromatic rings. The number of anilines is 1. The minimum atomic E-state index is -0.977. The van der Waals surface area contributed by atoms with Crippen LogP contribution in [0, 0.1) is 0 Å². The molecule has 0 bridgehead atoms. The first-order valence-corrected chi connectivity index (χ1v) is 9.02. The highest BCUT2D eigenvalue weighted by Crippen LogP contribution is 2.25. The van der Waals surface area contributed by atoms with Crippen molar-refractivity contribution in [3.63, 3.8) is 0 Å². The lowest BCUT2D eigenvalue weighted by Crippen LogP contribution is -2.40. The second kappa shape index (κ2) is 7.88. The highest BCUT2D eigenvalue weighted by molar-refractivity contribution is 9.10. The van der Waals surface area contributed by atoms with E-state index >= 15 is 0 Å². The smallest absolute Gasteiger partial charge is 0.332 e. The van der Waals surface area contributed by atoms with Gasteiger partial charge in [-0.15, -0.1) is 0 Å². The first-order chi connectivity index (χ1) is 12.5. The number of benzene rings is 2. The molecule has 1 aliphatic rings. The topological polar surface area (TPSA) is 70.1 Å². The minimum absolute atomic E-state index is 0.0155. The number of para-hydroxylation sites is 1. The summed E-state index contributed by atoms with van der Waals surface area (Å²) in [4.78, 5) is 27.6. The standard InChI is InChI=1S/C19H19BrN2O4/c1-13-18(24)21(19(25)22(13)15-5-3-2-4-6-15)11-16(23)12-26-17-9-7-14(20)8-10-17/h2-10,13,16,23H,11-12H2,1H3/t13-,16+/m1/s1. The summed E-state index contributed by atoms with van der Waals surface area (Å²) < 4.78 is 6.43. The van der Waals surface area contributed by atoms with Crippen LogP contribution in [0.2, 0.25) is 0 Å². The third-order valence-corrected chi connectivity index (χ3v) is 4.66. The SMILES string of the molecule is C[C@@H]1C(=O)N(C[C@H](O)COc2ccc(Br)cc2)C(=O)N1c1ccccc1. The second-order valence-corrected chi connectivity index (χ2v) is 6.95.